The minimum atomic E-state index is -1.04. The van der Waals surface area contributed by atoms with E-state index in [1.54, 1.807) is 24.3 Å². The lowest BCUT2D eigenvalue weighted by Gasteiger charge is -2.43. The maximum Gasteiger partial charge on any atom is 0.311 e. The van der Waals surface area contributed by atoms with Crippen molar-refractivity contribution in [3.63, 3.8) is 0 Å². The highest BCUT2D eigenvalue weighted by molar-refractivity contribution is 7.82. The number of hydrogen-bond donors (Lipinski definition) is 2. The van der Waals surface area contributed by atoms with E-state index in [-0.39, 0.29) is 0 Å². The molecule has 0 unspecified atom stereocenters. The molecule has 0 aliphatic carbocycles. The average Bonchev–Trinajstić information content (AvgIpc) is 2.28. The standard InChI is InChI=1S/C15H22O2S/c1-5-9-14(10-6-2,13(16)17)15(18,11-7-3)12-8-4/h5-8,18H,1-4,9-12H2,(H,16,17). The fourth-order valence-electron chi connectivity index (χ4n) is 2.28. The van der Waals surface area contributed by atoms with E-state index in [4.69, 9.17) is 0 Å². The van der Waals surface area contributed by atoms with Crippen molar-refractivity contribution in [1.29, 1.82) is 0 Å². The van der Waals surface area contributed by atoms with E-state index in [9.17, 15) is 9.90 Å². The molecule has 1 N–H and O–H groups in total. The number of carbonyl (C=O) groups is 1. The van der Waals surface area contributed by atoms with Crippen molar-refractivity contribution in [2.75, 3.05) is 0 Å². The first-order chi connectivity index (χ1) is 8.44. The van der Waals surface area contributed by atoms with E-state index in [0.29, 0.717) is 25.7 Å². The van der Waals surface area contributed by atoms with Gasteiger partial charge in [-0.2, -0.15) is 12.6 Å². The number of carboxylic acids is 1. The molecule has 0 aromatic rings. The Morgan fingerprint density at radius 2 is 1.28 bits per heavy atom. The van der Waals surface area contributed by atoms with Crippen LogP contribution in [0.3, 0.4) is 0 Å². The number of carboxylic acid groups (broad SMARTS) is 1. The predicted molar refractivity (Wildman–Crippen MR) is 81.0 cm³/mol. The van der Waals surface area contributed by atoms with Crippen molar-refractivity contribution in [2.24, 2.45) is 5.41 Å². The van der Waals surface area contributed by atoms with Gasteiger partial charge >= 0.3 is 5.97 Å². The number of thiol groups is 1. The largest absolute Gasteiger partial charge is 0.481 e. The maximum atomic E-state index is 11.8. The smallest absolute Gasteiger partial charge is 0.311 e. The second-order valence-electron chi connectivity index (χ2n) is 4.39. The number of rotatable bonds is 10. The Bertz CT molecular complexity index is 324. The van der Waals surface area contributed by atoms with E-state index in [0.717, 1.165) is 0 Å². The summed E-state index contributed by atoms with van der Waals surface area (Å²) in [5.74, 6) is -0.888. The zero-order valence-corrected chi connectivity index (χ0v) is 11.7. The minimum Gasteiger partial charge on any atom is -0.481 e. The third kappa shape index (κ3) is 3.16. The van der Waals surface area contributed by atoms with Gasteiger partial charge in [0.2, 0.25) is 0 Å². The van der Waals surface area contributed by atoms with Gasteiger partial charge in [0.25, 0.3) is 0 Å². The zero-order chi connectivity index (χ0) is 14.2. The highest BCUT2D eigenvalue weighted by Gasteiger charge is 2.51. The van der Waals surface area contributed by atoms with Crippen molar-refractivity contribution in [2.45, 2.75) is 30.4 Å². The van der Waals surface area contributed by atoms with Crippen LogP contribution in [0.1, 0.15) is 25.7 Å². The fourth-order valence-corrected chi connectivity index (χ4v) is 2.82. The van der Waals surface area contributed by atoms with Gasteiger partial charge in [-0.3, -0.25) is 4.79 Å². The van der Waals surface area contributed by atoms with Crippen molar-refractivity contribution >= 4 is 18.6 Å². The first-order valence-electron chi connectivity index (χ1n) is 5.83. The number of aliphatic carboxylic acids is 1. The summed E-state index contributed by atoms with van der Waals surface area (Å²) in [7, 11) is 0. The SMILES string of the molecule is C=CCC(S)(CC=C)C(CC=C)(CC=C)C(=O)O. The molecule has 18 heavy (non-hydrogen) atoms. The summed E-state index contributed by atoms with van der Waals surface area (Å²) in [6, 6.07) is 0. The molecule has 0 rings (SSSR count). The summed E-state index contributed by atoms with van der Waals surface area (Å²) >= 11 is 4.65. The summed E-state index contributed by atoms with van der Waals surface area (Å²) in [4.78, 5) is 11.8. The van der Waals surface area contributed by atoms with E-state index < -0.39 is 16.1 Å². The second kappa shape index (κ2) is 7.27. The van der Waals surface area contributed by atoms with Crippen LogP contribution in [0, 0.1) is 5.41 Å². The Kier molecular flexibility index (Phi) is 6.77. The maximum absolute atomic E-state index is 11.8. The lowest BCUT2D eigenvalue weighted by atomic mass is 9.67. The van der Waals surface area contributed by atoms with Crippen LogP contribution in [0.2, 0.25) is 0 Å². The molecule has 0 saturated heterocycles. The molecule has 2 nitrogen and oxygen atoms in total. The molecule has 0 aliphatic rings. The molecular weight excluding hydrogens is 244 g/mol. The minimum absolute atomic E-state index is 0.333. The summed E-state index contributed by atoms with van der Waals surface area (Å²) in [5.41, 5.74) is -1.04. The fraction of sp³-hybridized carbons (Fsp3) is 0.400. The molecule has 0 heterocycles. The van der Waals surface area contributed by atoms with E-state index in [2.05, 4.69) is 38.9 Å². The number of hydrogen-bond acceptors (Lipinski definition) is 2. The number of allylic oxidation sites excluding steroid dienone is 4. The Morgan fingerprint density at radius 3 is 1.50 bits per heavy atom. The highest BCUT2D eigenvalue weighted by atomic mass is 32.1. The van der Waals surface area contributed by atoms with Gasteiger partial charge < -0.3 is 5.11 Å². The van der Waals surface area contributed by atoms with Gasteiger partial charge in [0.05, 0.1) is 5.41 Å². The lowest BCUT2D eigenvalue weighted by Crippen LogP contribution is -2.49. The molecule has 0 atom stereocenters. The molecule has 0 spiro atoms. The van der Waals surface area contributed by atoms with Crippen molar-refractivity contribution in [3.05, 3.63) is 50.6 Å². The van der Waals surface area contributed by atoms with Gasteiger partial charge in [-0.1, -0.05) is 24.3 Å². The molecule has 0 fully saturated rings. The molecule has 0 radical (unpaired) electrons. The Labute approximate surface area is 115 Å². The van der Waals surface area contributed by atoms with Crippen LogP contribution in [0.15, 0.2) is 50.6 Å². The Balaban J connectivity index is 5.78. The van der Waals surface area contributed by atoms with Crippen LogP contribution in [-0.4, -0.2) is 15.8 Å². The van der Waals surface area contributed by atoms with Crippen LogP contribution < -0.4 is 0 Å². The quantitative estimate of drug-likeness (QED) is 0.463. The topological polar surface area (TPSA) is 37.3 Å². The molecule has 0 aromatic heterocycles. The molecule has 3 heteroatoms. The van der Waals surface area contributed by atoms with Gasteiger partial charge in [0, 0.05) is 4.75 Å². The Hall–Kier alpha value is -1.22. The molecule has 100 valence electrons. The van der Waals surface area contributed by atoms with Crippen LogP contribution in [0.5, 0.6) is 0 Å². The van der Waals surface area contributed by atoms with Crippen LogP contribution >= 0.6 is 12.6 Å². The molecular formula is C15H22O2S. The third-order valence-corrected chi connectivity index (χ3v) is 4.04. The summed E-state index contributed by atoms with van der Waals surface area (Å²) in [6.45, 7) is 14.7. The van der Waals surface area contributed by atoms with E-state index in [1.807, 2.05) is 0 Å². The van der Waals surface area contributed by atoms with Gasteiger partial charge in [0.1, 0.15) is 0 Å². The van der Waals surface area contributed by atoms with Gasteiger partial charge in [-0.15, -0.1) is 26.3 Å². The molecule has 0 aliphatic heterocycles. The van der Waals surface area contributed by atoms with E-state index >= 15 is 0 Å². The van der Waals surface area contributed by atoms with Crippen LogP contribution in [0.4, 0.5) is 0 Å². The van der Waals surface area contributed by atoms with Crippen molar-refractivity contribution in [1.82, 2.24) is 0 Å². The second-order valence-corrected chi connectivity index (χ2v) is 5.25. The summed E-state index contributed by atoms with van der Waals surface area (Å²) in [6.07, 6.45) is 8.26. The first-order valence-corrected chi connectivity index (χ1v) is 6.28. The van der Waals surface area contributed by atoms with Gasteiger partial charge in [-0.05, 0) is 25.7 Å². The summed E-state index contributed by atoms with van der Waals surface area (Å²) < 4.78 is -0.745. The molecule has 0 bridgehead atoms. The monoisotopic (exact) mass is 266 g/mol. The third-order valence-electron chi connectivity index (χ3n) is 3.25. The van der Waals surface area contributed by atoms with Gasteiger partial charge in [-0.25, -0.2) is 0 Å². The normalized spacial score (nSPS) is 11.6. The van der Waals surface area contributed by atoms with Gasteiger partial charge in [0.15, 0.2) is 0 Å². The van der Waals surface area contributed by atoms with Crippen molar-refractivity contribution in [3.8, 4) is 0 Å². The molecule has 0 saturated carbocycles. The molecule has 0 amide bonds. The highest BCUT2D eigenvalue weighted by Crippen LogP contribution is 2.48. The predicted octanol–water partition coefficient (Wildman–Crippen LogP) is 4.03. The van der Waals surface area contributed by atoms with E-state index in [1.165, 1.54) is 0 Å². The Morgan fingerprint density at radius 1 is 0.944 bits per heavy atom. The van der Waals surface area contributed by atoms with Crippen molar-refractivity contribution < 1.29 is 9.90 Å². The summed E-state index contributed by atoms with van der Waals surface area (Å²) in [5, 5.41) is 9.66. The first kappa shape index (κ1) is 16.8. The lowest BCUT2D eigenvalue weighted by molar-refractivity contribution is -0.150. The van der Waals surface area contributed by atoms with Crippen LogP contribution in [0.25, 0.3) is 0 Å². The zero-order valence-electron chi connectivity index (χ0n) is 10.8. The molecule has 0 aromatic carbocycles. The average molecular weight is 266 g/mol. The van der Waals surface area contributed by atoms with Crippen LogP contribution in [-0.2, 0) is 4.79 Å².